The van der Waals surface area contributed by atoms with Crippen LogP contribution in [0.4, 0.5) is 5.69 Å². The van der Waals surface area contributed by atoms with Crippen LogP contribution in [0, 0.1) is 0 Å². The summed E-state index contributed by atoms with van der Waals surface area (Å²) < 4.78 is 2.04. The number of amides is 1. The second-order valence-electron chi connectivity index (χ2n) is 4.33. The highest BCUT2D eigenvalue weighted by Crippen LogP contribution is 2.22. The summed E-state index contributed by atoms with van der Waals surface area (Å²) in [5.41, 5.74) is 3.87. The molecule has 4 nitrogen and oxygen atoms in total. The number of fused-ring (bicyclic) bond motifs is 1. The molecule has 4 heteroatoms. The molecule has 0 fully saturated rings. The zero-order valence-electron chi connectivity index (χ0n) is 10.5. The number of anilines is 1. The molecule has 1 aromatic carbocycles. The molecule has 0 saturated carbocycles. The maximum absolute atomic E-state index is 11.0. The molecule has 2 aromatic heterocycles. The second kappa shape index (κ2) is 4.57. The molecule has 0 saturated heterocycles. The Kier molecular flexibility index (Phi) is 2.76. The highest BCUT2D eigenvalue weighted by atomic mass is 16.1. The number of nitrogens with one attached hydrogen (secondary N) is 1. The maximum atomic E-state index is 11.0. The molecule has 3 rings (SSSR count). The molecule has 3 aromatic rings. The van der Waals surface area contributed by atoms with Gasteiger partial charge >= 0.3 is 0 Å². The molecule has 0 atom stereocenters. The van der Waals surface area contributed by atoms with Gasteiger partial charge in [0.1, 0.15) is 5.65 Å². The fraction of sp³-hybridized carbons (Fsp3) is 0.0667. The van der Waals surface area contributed by atoms with E-state index in [4.69, 9.17) is 0 Å². The van der Waals surface area contributed by atoms with E-state index in [1.54, 1.807) is 6.20 Å². The summed E-state index contributed by atoms with van der Waals surface area (Å²) in [5, 5.41) is 2.76. The minimum Gasteiger partial charge on any atom is -0.326 e. The van der Waals surface area contributed by atoms with Crippen molar-refractivity contribution in [3.8, 4) is 11.3 Å². The Bertz CT molecular complexity index is 728. The van der Waals surface area contributed by atoms with Crippen molar-refractivity contribution >= 4 is 17.2 Å². The molecule has 0 unspecified atom stereocenters. The lowest BCUT2D eigenvalue weighted by molar-refractivity contribution is -0.114. The number of hydrogen-bond acceptors (Lipinski definition) is 2. The predicted octanol–water partition coefficient (Wildman–Crippen LogP) is 2.96. The average molecular weight is 251 g/mol. The van der Waals surface area contributed by atoms with Gasteiger partial charge < -0.3 is 5.32 Å². The van der Waals surface area contributed by atoms with Crippen molar-refractivity contribution in [3.05, 3.63) is 54.9 Å². The first-order valence-electron chi connectivity index (χ1n) is 6.04. The molecule has 0 spiro atoms. The molecule has 0 aliphatic carbocycles. The van der Waals surface area contributed by atoms with E-state index < -0.39 is 0 Å². The molecule has 2 heterocycles. The minimum atomic E-state index is -0.0653. The zero-order chi connectivity index (χ0) is 13.2. The zero-order valence-corrected chi connectivity index (χ0v) is 10.5. The Balaban J connectivity index is 2.02. The van der Waals surface area contributed by atoms with Crippen molar-refractivity contribution in [2.45, 2.75) is 6.92 Å². The van der Waals surface area contributed by atoms with Crippen LogP contribution in [0.5, 0.6) is 0 Å². The molecule has 1 N–H and O–H groups in total. The quantitative estimate of drug-likeness (QED) is 0.761. The number of rotatable bonds is 2. The average Bonchev–Trinajstić information content (AvgIpc) is 2.87. The maximum Gasteiger partial charge on any atom is 0.221 e. The van der Waals surface area contributed by atoms with E-state index in [2.05, 4.69) is 10.3 Å². The van der Waals surface area contributed by atoms with E-state index in [1.807, 2.05) is 53.1 Å². The Morgan fingerprint density at radius 3 is 2.68 bits per heavy atom. The summed E-state index contributed by atoms with van der Waals surface area (Å²) >= 11 is 0. The number of nitrogens with zero attached hydrogens (tertiary/aromatic N) is 2. The minimum absolute atomic E-state index is 0.0653. The molecule has 0 aliphatic rings. The number of benzene rings is 1. The molecular weight excluding hydrogens is 238 g/mol. The van der Waals surface area contributed by atoms with Gasteiger partial charge in [-0.2, -0.15) is 0 Å². The van der Waals surface area contributed by atoms with Crippen LogP contribution in [0.3, 0.4) is 0 Å². The molecular formula is C15H13N3O. The van der Waals surface area contributed by atoms with Gasteiger partial charge in [0.15, 0.2) is 0 Å². The van der Waals surface area contributed by atoms with Crippen LogP contribution >= 0.6 is 0 Å². The standard InChI is InChI=1S/C15H13N3O/c1-11(19)17-13-7-5-12(6-8-13)14-3-2-4-15-16-9-10-18(14)15/h2-10H,1H3,(H,17,19). The molecule has 0 bridgehead atoms. The van der Waals surface area contributed by atoms with Gasteiger partial charge in [-0.3, -0.25) is 9.20 Å². The van der Waals surface area contributed by atoms with Gasteiger partial charge in [-0.1, -0.05) is 18.2 Å². The van der Waals surface area contributed by atoms with Crippen molar-refractivity contribution in [3.63, 3.8) is 0 Å². The predicted molar refractivity (Wildman–Crippen MR) is 74.9 cm³/mol. The number of imidazole rings is 1. The van der Waals surface area contributed by atoms with Crippen molar-refractivity contribution in [2.75, 3.05) is 5.32 Å². The topological polar surface area (TPSA) is 46.4 Å². The second-order valence-corrected chi connectivity index (χ2v) is 4.33. The van der Waals surface area contributed by atoms with E-state index in [-0.39, 0.29) is 5.91 Å². The number of hydrogen-bond donors (Lipinski definition) is 1. The fourth-order valence-electron chi connectivity index (χ4n) is 2.11. The first-order valence-corrected chi connectivity index (χ1v) is 6.04. The van der Waals surface area contributed by atoms with Crippen molar-refractivity contribution in [1.29, 1.82) is 0 Å². The van der Waals surface area contributed by atoms with Crippen molar-refractivity contribution < 1.29 is 4.79 Å². The summed E-state index contributed by atoms with van der Waals surface area (Å²) in [6, 6.07) is 13.8. The lowest BCUT2D eigenvalue weighted by Gasteiger charge is -2.07. The Hall–Kier alpha value is -2.62. The molecule has 1 amide bonds. The van der Waals surface area contributed by atoms with Gasteiger partial charge in [0, 0.05) is 25.0 Å². The summed E-state index contributed by atoms with van der Waals surface area (Å²) in [7, 11) is 0. The third kappa shape index (κ3) is 2.20. The lowest BCUT2D eigenvalue weighted by Crippen LogP contribution is -2.05. The van der Waals surface area contributed by atoms with Gasteiger partial charge in [0.25, 0.3) is 0 Å². The largest absolute Gasteiger partial charge is 0.326 e. The third-order valence-electron chi connectivity index (χ3n) is 2.93. The van der Waals surface area contributed by atoms with Crippen LogP contribution in [-0.4, -0.2) is 15.3 Å². The van der Waals surface area contributed by atoms with Crippen LogP contribution in [0.1, 0.15) is 6.92 Å². The fourth-order valence-corrected chi connectivity index (χ4v) is 2.11. The van der Waals surface area contributed by atoms with Crippen molar-refractivity contribution in [2.24, 2.45) is 0 Å². The van der Waals surface area contributed by atoms with Gasteiger partial charge in [-0.25, -0.2) is 4.98 Å². The van der Waals surface area contributed by atoms with Gasteiger partial charge in [-0.05, 0) is 29.8 Å². The normalized spacial score (nSPS) is 10.6. The number of carbonyl (C=O) groups excluding carboxylic acids is 1. The summed E-state index contributed by atoms with van der Waals surface area (Å²) in [4.78, 5) is 15.3. The van der Waals surface area contributed by atoms with Crippen LogP contribution in [-0.2, 0) is 4.79 Å². The monoisotopic (exact) mass is 251 g/mol. The molecule has 0 aliphatic heterocycles. The van der Waals surface area contributed by atoms with Crippen LogP contribution in [0.25, 0.3) is 16.9 Å². The number of pyridine rings is 1. The van der Waals surface area contributed by atoms with E-state index in [0.29, 0.717) is 0 Å². The first kappa shape index (κ1) is 11.5. The van der Waals surface area contributed by atoms with Gasteiger partial charge in [0.05, 0.1) is 5.69 Å². The summed E-state index contributed by atoms with van der Waals surface area (Å²) in [6.45, 7) is 1.50. The lowest BCUT2D eigenvalue weighted by atomic mass is 10.1. The van der Waals surface area contributed by atoms with Crippen molar-refractivity contribution in [1.82, 2.24) is 9.38 Å². The van der Waals surface area contributed by atoms with Crippen LogP contribution in [0.15, 0.2) is 54.9 Å². The van der Waals surface area contributed by atoms with E-state index in [0.717, 1.165) is 22.6 Å². The Labute approximate surface area is 110 Å². The molecule has 94 valence electrons. The molecule has 0 radical (unpaired) electrons. The SMILES string of the molecule is CC(=O)Nc1ccc(-c2cccc3nccn23)cc1. The highest BCUT2D eigenvalue weighted by Gasteiger charge is 2.03. The molecule has 19 heavy (non-hydrogen) atoms. The van der Waals surface area contributed by atoms with Gasteiger partial charge in [-0.15, -0.1) is 0 Å². The van der Waals surface area contributed by atoms with E-state index in [9.17, 15) is 4.79 Å². The van der Waals surface area contributed by atoms with Crippen LogP contribution in [0.2, 0.25) is 0 Å². The Morgan fingerprint density at radius 1 is 1.16 bits per heavy atom. The summed E-state index contributed by atoms with van der Waals surface area (Å²) in [6.07, 6.45) is 3.72. The third-order valence-corrected chi connectivity index (χ3v) is 2.93. The van der Waals surface area contributed by atoms with E-state index in [1.165, 1.54) is 6.92 Å². The number of carbonyl (C=O) groups is 1. The Morgan fingerprint density at radius 2 is 1.95 bits per heavy atom. The summed E-state index contributed by atoms with van der Waals surface area (Å²) in [5.74, 6) is -0.0653. The smallest absolute Gasteiger partial charge is 0.221 e. The van der Waals surface area contributed by atoms with Gasteiger partial charge in [0.2, 0.25) is 5.91 Å². The number of aromatic nitrogens is 2. The van der Waals surface area contributed by atoms with Crippen LogP contribution < -0.4 is 5.32 Å². The first-order chi connectivity index (χ1) is 9.24. The van der Waals surface area contributed by atoms with E-state index >= 15 is 0 Å². The highest BCUT2D eigenvalue weighted by molar-refractivity contribution is 5.88.